The first kappa shape index (κ1) is 16.7. The van der Waals surface area contributed by atoms with Crippen LogP contribution in [0.5, 0.6) is 0 Å². The van der Waals surface area contributed by atoms with Crippen molar-refractivity contribution in [3.63, 3.8) is 0 Å². The van der Waals surface area contributed by atoms with Gasteiger partial charge < -0.3 is 14.4 Å². The summed E-state index contributed by atoms with van der Waals surface area (Å²) in [5.41, 5.74) is -2.30. The largest absolute Gasteiger partial charge is 0.477 e. The second-order valence-corrected chi connectivity index (χ2v) is 11.2. The number of alkyl halides is 3. The Bertz CT molecular complexity index is 480. The molecule has 0 radical (unpaired) electrons. The number of aromatic nitrogens is 2. The fourth-order valence-corrected chi connectivity index (χ4v) is 2.21. The lowest BCUT2D eigenvalue weighted by Gasteiger charge is -2.15. The molecule has 20 heavy (non-hydrogen) atoms. The zero-order valence-electron chi connectivity index (χ0n) is 11.5. The molecule has 0 amide bonds. The van der Waals surface area contributed by atoms with Crippen molar-refractivity contribution in [1.82, 2.24) is 9.55 Å². The van der Waals surface area contributed by atoms with Crippen LogP contribution in [0.2, 0.25) is 25.7 Å². The normalized spacial score (nSPS) is 12.7. The first-order chi connectivity index (χ1) is 9.02. The smallest absolute Gasteiger partial charge is 0.435 e. The highest BCUT2D eigenvalue weighted by molar-refractivity contribution is 6.76. The van der Waals surface area contributed by atoms with E-state index < -0.39 is 31.6 Å². The SMILES string of the molecule is C[Si](C)(C)CCOCn1cnc(C(F)(F)F)c1C(=O)O. The Balaban J connectivity index is 2.77. The van der Waals surface area contributed by atoms with E-state index in [1.165, 1.54) is 0 Å². The average Bonchev–Trinajstić information content (AvgIpc) is 2.66. The molecule has 0 aliphatic carbocycles. The minimum absolute atomic E-state index is 0.255. The fourth-order valence-electron chi connectivity index (χ4n) is 1.45. The van der Waals surface area contributed by atoms with Gasteiger partial charge >= 0.3 is 12.1 Å². The number of nitrogens with zero attached hydrogens (tertiary/aromatic N) is 2. The van der Waals surface area contributed by atoms with E-state index in [9.17, 15) is 18.0 Å². The van der Waals surface area contributed by atoms with Crippen LogP contribution >= 0.6 is 0 Å². The van der Waals surface area contributed by atoms with Crippen molar-refractivity contribution in [2.75, 3.05) is 6.61 Å². The van der Waals surface area contributed by atoms with Crippen molar-refractivity contribution >= 4 is 14.0 Å². The lowest BCUT2D eigenvalue weighted by molar-refractivity contribution is -0.141. The van der Waals surface area contributed by atoms with Gasteiger partial charge in [-0.05, 0) is 6.04 Å². The van der Waals surface area contributed by atoms with Crippen molar-refractivity contribution in [3.05, 3.63) is 17.7 Å². The summed E-state index contributed by atoms with van der Waals surface area (Å²) in [7, 11) is -1.30. The van der Waals surface area contributed by atoms with Crippen LogP contribution in [-0.2, 0) is 17.6 Å². The van der Waals surface area contributed by atoms with E-state index in [0.717, 1.165) is 16.9 Å². The molecule has 5 nitrogen and oxygen atoms in total. The predicted octanol–water partition coefficient (Wildman–Crippen LogP) is 2.91. The van der Waals surface area contributed by atoms with Crippen LogP contribution < -0.4 is 0 Å². The first-order valence-electron chi connectivity index (χ1n) is 5.96. The summed E-state index contributed by atoms with van der Waals surface area (Å²) in [6, 6.07) is 0.843. The minimum atomic E-state index is -4.79. The Labute approximate surface area is 115 Å². The Morgan fingerprint density at radius 2 is 2.05 bits per heavy atom. The molecule has 0 unspecified atom stereocenters. The Hall–Kier alpha value is -1.35. The molecule has 1 aromatic rings. The Morgan fingerprint density at radius 3 is 2.50 bits per heavy atom. The average molecular weight is 310 g/mol. The number of halogens is 3. The molecule has 0 saturated carbocycles. The number of hydrogen-bond donors (Lipinski definition) is 1. The molecule has 114 valence electrons. The van der Waals surface area contributed by atoms with Gasteiger partial charge in [-0.3, -0.25) is 0 Å². The van der Waals surface area contributed by atoms with E-state index in [-0.39, 0.29) is 6.73 Å². The molecular formula is C11H17F3N2O3Si. The lowest BCUT2D eigenvalue weighted by Crippen LogP contribution is -2.22. The van der Waals surface area contributed by atoms with Gasteiger partial charge in [0.05, 0.1) is 6.33 Å². The summed E-state index contributed by atoms with van der Waals surface area (Å²) < 4.78 is 43.9. The van der Waals surface area contributed by atoms with Gasteiger partial charge in [-0.2, -0.15) is 13.2 Å². The van der Waals surface area contributed by atoms with Crippen molar-refractivity contribution in [2.45, 2.75) is 38.6 Å². The number of imidazole rings is 1. The van der Waals surface area contributed by atoms with E-state index >= 15 is 0 Å². The van der Waals surface area contributed by atoms with Gasteiger partial charge in [0.25, 0.3) is 0 Å². The van der Waals surface area contributed by atoms with E-state index in [4.69, 9.17) is 9.84 Å². The van der Waals surface area contributed by atoms with Gasteiger partial charge in [-0.15, -0.1) is 0 Å². The molecule has 0 bridgehead atoms. The quantitative estimate of drug-likeness (QED) is 0.648. The molecule has 0 aromatic carbocycles. The Kier molecular flexibility index (Phi) is 4.98. The maximum absolute atomic E-state index is 12.6. The molecule has 1 N–H and O–H groups in total. The zero-order chi connectivity index (χ0) is 15.6. The topological polar surface area (TPSA) is 64.4 Å². The third kappa shape index (κ3) is 4.64. The third-order valence-electron chi connectivity index (χ3n) is 2.54. The first-order valence-corrected chi connectivity index (χ1v) is 9.66. The highest BCUT2D eigenvalue weighted by Crippen LogP contribution is 2.30. The monoisotopic (exact) mass is 310 g/mol. The van der Waals surface area contributed by atoms with Crippen LogP contribution in [-0.4, -0.2) is 35.3 Å². The maximum atomic E-state index is 12.6. The molecule has 0 atom stereocenters. The van der Waals surface area contributed by atoms with Crippen molar-refractivity contribution in [2.24, 2.45) is 0 Å². The van der Waals surface area contributed by atoms with Gasteiger partial charge in [0.15, 0.2) is 11.4 Å². The van der Waals surface area contributed by atoms with Crippen molar-refractivity contribution in [3.8, 4) is 0 Å². The molecular weight excluding hydrogens is 293 g/mol. The standard InChI is InChI=1S/C11H17F3N2O3Si/c1-20(2,3)5-4-19-7-16-6-15-9(11(12,13)14)8(16)10(17)18/h6H,4-5,7H2,1-3H3,(H,17,18). The van der Waals surface area contributed by atoms with Gasteiger partial charge in [0.1, 0.15) is 6.73 Å². The number of hydrogen-bond acceptors (Lipinski definition) is 3. The second kappa shape index (κ2) is 5.96. The molecule has 0 spiro atoms. The lowest BCUT2D eigenvalue weighted by atomic mass is 10.3. The van der Waals surface area contributed by atoms with Crippen LogP contribution in [0, 0.1) is 0 Å². The molecule has 0 aliphatic rings. The molecule has 0 saturated heterocycles. The fraction of sp³-hybridized carbons (Fsp3) is 0.636. The van der Waals surface area contributed by atoms with Crippen LogP contribution in [0.25, 0.3) is 0 Å². The number of carboxylic acid groups (broad SMARTS) is 1. The minimum Gasteiger partial charge on any atom is -0.477 e. The number of ether oxygens (including phenoxy) is 1. The van der Waals surface area contributed by atoms with Gasteiger partial charge in [0, 0.05) is 14.7 Å². The van der Waals surface area contributed by atoms with Crippen LogP contribution in [0.15, 0.2) is 6.33 Å². The third-order valence-corrected chi connectivity index (χ3v) is 4.24. The molecule has 1 heterocycles. The van der Waals surface area contributed by atoms with E-state index in [0.29, 0.717) is 6.61 Å². The number of carbonyl (C=O) groups is 1. The Morgan fingerprint density at radius 1 is 1.45 bits per heavy atom. The molecule has 0 fully saturated rings. The van der Waals surface area contributed by atoms with Gasteiger partial charge in [0.2, 0.25) is 0 Å². The molecule has 1 rings (SSSR count). The van der Waals surface area contributed by atoms with Crippen LogP contribution in [0.1, 0.15) is 16.2 Å². The van der Waals surface area contributed by atoms with Crippen LogP contribution in [0.3, 0.4) is 0 Å². The summed E-state index contributed by atoms with van der Waals surface area (Å²) in [6.07, 6.45) is -3.96. The van der Waals surface area contributed by atoms with Gasteiger partial charge in [-0.1, -0.05) is 19.6 Å². The number of aromatic carboxylic acids is 1. The summed E-state index contributed by atoms with van der Waals surface area (Å²) >= 11 is 0. The predicted molar refractivity (Wildman–Crippen MR) is 68.3 cm³/mol. The zero-order valence-corrected chi connectivity index (χ0v) is 12.5. The van der Waals surface area contributed by atoms with Crippen LogP contribution in [0.4, 0.5) is 13.2 Å². The maximum Gasteiger partial charge on any atom is 0.435 e. The summed E-state index contributed by atoms with van der Waals surface area (Å²) in [4.78, 5) is 14.1. The van der Waals surface area contributed by atoms with E-state index in [1.807, 2.05) is 0 Å². The molecule has 9 heteroatoms. The van der Waals surface area contributed by atoms with E-state index in [1.54, 1.807) is 0 Å². The van der Waals surface area contributed by atoms with Crippen molar-refractivity contribution < 1.29 is 27.8 Å². The van der Waals surface area contributed by atoms with E-state index in [2.05, 4.69) is 24.6 Å². The molecule has 0 aliphatic heterocycles. The van der Waals surface area contributed by atoms with Gasteiger partial charge in [-0.25, -0.2) is 9.78 Å². The number of rotatable bonds is 6. The number of carboxylic acids is 1. The highest BCUT2D eigenvalue weighted by Gasteiger charge is 2.39. The second-order valence-electron chi connectivity index (χ2n) is 5.56. The summed E-state index contributed by atoms with van der Waals surface area (Å²) in [5, 5.41) is 8.87. The molecule has 1 aromatic heterocycles. The summed E-state index contributed by atoms with van der Waals surface area (Å²) in [6.45, 7) is 6.54. The highest BCUT2D eigenvalue weighted by atomic mass is 28.3. The van der Waals surface area contributed by atoms with Crippen molar-refractivity contribution in [1.29, 1.82) is 0 Å². The summed E-state index contributed by atoms with van der Waals surface area (Å²) in [5.74, 6) is -1.68.